The van der Waals surface area contributed by atoms with E-state index in [0.717, 1.165) is 0 Å². The van der Waals surface area contributed by atoms with Crippen molar-refractivity contribution in [1.29, 1.82) is 0 Å². The Bertz CT molecular complexity index is 1190. The Balaban J connectivity index is 1.64. The van der Waals surface area contributed by atoms with Gasteiger partial charge in [-0.15, -0.1) is 0 Å². The molecule has 1 heterocycles. The van der Waals surface area contributed by atoms with Crippen LogP contribution in [0.25, 0.3) is 22.5 Å². The Hall–Kier alpha value is -3.74. The highest BCUT2D eigenvalue weighted by Gasteiger charge is 2.22. The van der Waals surface area contributed by atoms with Gasteiger partial charge in [0.25, 0.3) is 11.4 Å². The second-order valence-electron chi connectivity index (χ2n) is 5.60. The van der Waals surface area contributed by atoms with Gasteiger partial charge in [-0.2, -0.15) is 0 Å². The summed E-state index contributed by atoms with van der Waals surface area (Å²) in [5.74, 6) is -0.597. The topological polar surface area (TPSA) is 92.4 Å². The third-order valence-corrected chi connectivity index (χ3v) is 3.94. The molecule has 0 aliphatic carbocycles. The summed E-state index contributed by atoms with van der Waals surface area (Å²) in [6.45, 7) is 0. The summed E-state index contributed by atoms with van der Waals surface area (Å²) < 4.78 is 19.2. The summed E-state index contributed by atoms with van der Waals surface area (Å²) in [4.78, 5) is 26.8. The van der Waals surface area contributed by atoms with Crippen molar-refractivity contribution < 1.29 is 13.9 Å². The number of nitrogens with one attached hydrogen (secondary N) is 1. The molecule has 128 valence electrons. The van der Waals surface area contributed by atoms with Crippen molar-refractivity contribution in [2.75, 3.05) is 5.32 Å². The largest absolute Gasteiger partial charge is 0.503 e. The molecule has 0 saturated carbocycles. The molecule has 7 heteroatoms. The quantitative estimate of drug-likeness (QED) is 0.549. The fraction of sp³-hybridized carbons (Fsp3) is 0. The zero-order valence-electron chi connectivity index (χ0n) is 13.2. The minimum Gasteiger partial charge on any atom is -0.503 e. The van der Waals surface area contributed by atoms with Crippen LogP contribution in [0.2, 0.25) is 0 Å². The standard InChI is InChI=1S/C19H11FN2O4/c20-12-6-1-2-7-13(12)22-19-21-9-14(26-19)10-4-3-5-11(8-10)15-16(23)18(25)17(15)24/h1-9,23H,(H,21,22). The lowest BCUT2D eigenvalue weighted by atomic mass is 9.98. The Morgan fingerprint density at radius 1 is 1.00 bits per heavy atom. The number of nitrogens with zero attached hydrogens (tertiary/aromatic N) is 1. The zero-order valence-corrected chi connectivity index (χ0v) is 13.2. The molecular formula is C19H11FN2O4. The van der Waals surface area contributed by atoms with E-state index in [4.69, 9.17) is 4.42 Å². The van der Waals surface area contributed by atoms with Crippen molar-refractivity contribution >= 4 is 11.7 Å². The van der Waals surface area contributed by atoms with E-state index in [9.17, 15) is 19.1 Å². The van der Waals surface area contributed by atoms with Gasteiger partial charge in [-0.1, -0.05) is 30.3 Å². The first-order chi connectivity index (χ1) is 12.5. The van der Waals surface area contributed by atoms with E-state index >= 15 is 0 Å². The van der Waals surface area contributed by atoms with Crippen molar-refractivity contribution in [3.05, 3.63) is 81.0 Å². The molecule has 0 aliphatic rings. The molecule has 2 N–H and O–H groups in total. The highest BCUT2D eigenvalue weighted by atomic mass is 19.1. The average Bonchev–Trinajstić information content (AvgIpc) is 3.12. The molecule has 4 rings (SSSR count). The highest BCUT2D eigenvalue weighted by molar-refractivity contribution is 5.77. The van der Waals surface area contributed by atoms with Crippen LogP contribution < -0.4 is 16.2 Å². The van der Waals surface area contributed by atoms with Gasteiger partial charge < -0.3 is 14.8 Å². The van der Waals surface area contributed by atoms with Gasteiger partial charge in [-0.25, -0.2) is 9.37 Å². The molecule has 0 bridgehead atoms. The van der Waals surface area contributed by atoms with Crippen LogP contribution in [-0.4, -0.2) is 10.1 Å². The van der Waals surface area contributed by atoms with Gasteiger partial charge in [0.1, 0.15) is 5.82 Å². The predicted molar refractivity (Wildman–Crippen MR) is 93.6 cm³/mol. The maximum Gasteiger partial charge on any atom is 0.299 e. The second-order valence-corrected chi connectivity index (χ2v) is 5.60. The zero-order chi connectivity index (χ0) is 18.3. The van der Waals surface area contributed by atoms with E-state index in [0.29, 0.717) is 16.9 Å². The number of anilines is 2. The van der Waals surface area contributed by atoms with Crippen LogP contribution in [0.1, 0.15) is 0 Å². The van der Waals surface area contributed by atoms with Crippen molar-refractivity contribution in [2.24, 2.45) is 0 Å². The number of hydrogen-bond donors (Lipinski definition) is 2. The van der Waals surface area contributed by atoms with Gasteiger partial charge in [-0.05, 0) is 23.8 Å². The van der Waals surface area contributed by atoms with Crippen molar-refractivity contribution in [3.8, 4) is 28.2 Å². The molecule has 0 aliphatic heterocycles. The summed E-state index contributed by atoms with van der Waals surface area (Å²) in [5, 5.41) is 12.3. The molecular weight excluding hydrogens is 339 g/mol. The van der Waals surface area contributed by atoms with Crippen LogP contribution in [0.15, 0.2) is 68.7 Å². The van der Waals surface area contributed by atoms with Crippen molar-refractivity contribution in [3.63, 3.8) is 0 Å². The molecule has 3 aromatic carbocycles. The van der Waals surface area contributed by atoms with Crippen LogP contribution in [0.4, 0.5) is 16.1 Å². The Labute approximate surface area is 145 Å². The Morgan fingerprint density at radius 3 is 2.54 bits per heavy atom. The number of aromatic hydroxyl groups is 1. The molecule has 0 amide bonds. The van der Waals surface area contributed by atoms with E-state index in [1.165, 1.54) is 12.3 Å². The fourth-order valence-corrected chi connectivity index (χ4v) is 2.62. The fourth-order valence-electron chi connectivity index (χ4n) is 2.62. The molecule has 0 radical (unpaired) electrons. The monoisotopic (exact) mass is 350 g/mol. The first kappa shape index (κ1) is 15.8. The maximum atomic E-state index is 13.7. The van der Waals surface area contributed by atoms with E-state index in [1.807, 2.05) is 0 Å². The smallest absolute Gasteiger partial charge is 0.299 e. The number of halogens is 1. The normalized spacial score (nSPS) is 11.0. The van der Waals surface area contributed by atoms with E-state index < -0.39 is 22.4 Å². The minimum absolute atomic E-state index is 0.0129. The van der Waals surface area contributed by atoms with Crippen molar-refractivity contribution in [2.45, 2.75) is 0 Å². The number of para-hydroxylation sites is 1. The van der Waals surface area contributed by atoms with Crippen LogP contribution in [-0.2, 0) is 0 Å². The highest BCUT2D eigenvalue weighted by Crippen LogP contribution is 2.30. The maximum absolute atomic E-state index is 13.7. The van der Waals surface area contributed by atoms with Gasteiger partial charge in [0.05, 0.1) is 17.4 Å². The first-order valence-electron chi connectivity index (χ1n) is 7.65. The number of benzene rings is 2. The van der Waals surface area contributed by atoms with Gasteiger partial charge in [0.15, 0.2) is 11.5 Å². The van der Waals surface area contributed by atoms with Crippen LogP contribution in [0, 0.1) is 5.82 Å². The molecule has 0 fully saturated rings. The molecule has 0 atom stereocenters. The van der Waals surface area contributed by atoms with Crippen molar-refractivity contribution in [1.82, 2.24) is 4.98 Å². The second kappa shape index (κ2) is 5.96. The molecule has 0 saturated heterocycles. The first-order valence-corrected chi connectivity index (χ1v) is 7.65. The number of rotatable bonds is 4. The molecule has 1 aromatic heterocycles. The molecule has 26 heavy (non-hydrogen) atoms. The molecule has 4 aromatic rings. The third kappa shape index (κ3) is 2.55. The Kier molecular flexibility index (Phi) is 3.62. The summed E-state index contributed by atoms with van der Waals surface area (Å²) >= 11 is 0. The molecule has 0 spiro atoms. The van der Waals surface area contributed by atoms with Crippen LogP contribution in [0.5, 0.6) is 5.75 Å². The van der Waals surface area contributed by atoms with E-state index in [1.54, 1.807) is 42.5 Å². The summed E-state index contributed by atoms with van der Waals surface area (Å²) in [5.41, 5.74) is -0.404. The third-order valence-electron chi connectivity index (χ3n) is 3.94. The van der Waals surface area contributed by atoms with Gasteiger partial charge >= 0.3 is 0 Å². The van der Waals surface area contributed by atoms with Crippen LogP contribution >= 0.6 is 0 Å². The predicted octanol–water partition coefficient (Wildman–Crippen LogP) is 3.19. The lowest BCUT2D eigenvalue weighted by Crippen LogP contribution is -2.31. The van der Waals surface area contributed by atoms with Gasteiger partial charge in [0, 0.05) is 5.56 Å². The summed E-state index contributed by atoms with van der Waals surface area (Å²) in [6.07, 6.45) is 1.45. The Morgan fingerprint density at radius 2 is 1.77 bits per heavy atom. The molecule has 0 unspecified atom stereocenters. The minimum atomic E-state index is -0.888. The van der Waals surface area contributed by atoms with E-state index in [2.05, 4.69) is 10.3 Å². The lowest BCUT2D eigenvalue weighted by molar-refractivity contribution is 0.465. The molecule has 6 nitrogen and oxygen atoms in total. The SMILES string of the molecule is O=c1c(O)c(-c2cccc(-c3cnc(Nc4ccccc4F)o3)c2)c1=O. The number of oxazole rings is 1. The van der Waals surface area contributed by atoms with Gasteiger partial charge in [0.2, 0.25) is 5.43 Å². The summed E-state index contributed by atoms with van der Waals surface area (Å²) in [6, 6.07) is 12.8. The summed E-state index contributed by atoms with van der Waals surface area (Å²) in [7, 11) is 0. The van der Waals surface area contributed by atoms with Crippen LogP contribution in [0.3, 0.4) is 0 Å². The number of aromatic nitrogens is 1. The van der Waals surface area contributed by atoms with E-state index in [-0.39, 0.29) is 17.3 Å². The van der Waals surface area contributed by atoms with Gasteiger partial charge in [-0.3, -0.25) is 9.59 Å². The number of hydrogen-bond acceptors (Lipinski definition) is 6. The lowest BCUT2D eigenvalue weighted by Gasteiger charge is -2.07. The average molecular weight is 350 g/mol.